The molecule has 0 aromatic heterocycles. The van der Waals surface area contributed by atoms with Gasteiger partial charge in [0.1, 0.15) is 17.2 Å². The average Bonchev–Trinajstić information content (AvgIpc) is 3.45. The van der Waals surface area contributed by atoms with Gasteiger partial charge in [0.25, 0.3) is 0 Å². The van der Waals surface area contributed by atoms with Crippen molar-refractivity contribution in [2.45, 2.75) is 38.3 Å². The maximum absolute atomic E-state index is 6.74. The molecule has 2 aromatic carbocycles. The van der Waals surface area contributed by atoms with E-state index in [1.807, 2.05) is 18.2 Å². The van der Waals surface area contributed by atoms with Crippen molar-refractivity contribution in [2.75, 3.05) is 34.1 Å². The second-order valence-corrected chi connectivity index (χ2v) is 8.47. The number of fused-ring (bicyclic) bond motifs is 2. The van der Waals surface area contributed by atoms with Crippen LogP contribution < -0.4 is 23.7 Å². The highest BCUT2D eigenvalue weighted by atomic mass is 16.7. The van der Waals surface area contributed by atoms with Gasteiger partial charge in [-0.3, -0.25) is 4.90 Å². The number of hydrogen-bond acceptors (Lipinski definition) is 6. The van der Waals surface area contributed by atoms with Crippen molar-refractivity contribution in [3.8, 4) is 28.7 Å². The molecule has 160 valence electrons. The van der Waals surface area contributed by atoms with Crippen molar-refractivity contribution in [2.24, 2.45) is 5.92 Å². The first-order chi connectivity index (χ1) is 14.5. The SMILES string of the molecule is COc1ccc([C@@H]2c3cc4c(cc3O[C@](C)(N3CCCC3)[C@H]2C)OCO4)c(OC)c1. The van der Waals surface area contributed by atoms with E-state index in [9.17, 15) is 0 Å². The van der Waals surface area contributed by atoms with Crippen LogP contribution >= 0.6 is 0 Å². The minimum Gasteiger partial charge on any atom is -0.497 e. The summed E-state index contributed by atoms with van der Waals surface area (Å²) in [6.07, 6.45) is 2.41. The summed E-state index contributed by atoms with van der Waals surface area (Å²) in [7, 11) is 3.38. The van der Waals surface area contributed by atoms with Crippen LogP contribution in [-0.2, 0) is 0 Å². The van der Waals surface area contributed by atoms with Gasteiger partial charge in [-0.15, -0.1) is 0 Å². The van der Waals surface area contributed by atoms with Crippen LogP contribution in [0.15, 0.2) is 30.3 Å². The van der Waals surface area contributed by atoms with Gasteiger partial charge in [0.05, 0.1) is 14.2 Å². The zero-order chi connectivity index (χ0) is 20.9. The summed E-state index contributed by atoms with van der Waals surface area (Å²) < 4.78 is 29.3. The molecule has 0 saturated carbocycles. The lowest BCUT2D eigenvalue weighted by molar-refractivity contribution is -0.114. The summed E-state index contributed by atoms with van der Waals surface area (Å²) in [5, 5.41) is 0. The third kappa shape index (κ3) is 2.88. The van der Waals surface area contributed by atoms with Gasteiger partial charge in [0.2, 0.25) is 6.79 Å². The van der Waals surface area contributed by atoms with Crippen LogP contribution in [-0.4, -0.2) is 44.7 Å². The lowest BCUT2D eigenvalue weighted by atomic mass is 9.73. The number of benzene rings is 2. The summed E-state index contributed by atoms with van der Waals surface area (Å²) in [5.74, 6) is 4.23. The molecule has 0 bridgehead atoms. The molecule has 3 aliphatic rings. The van der Waals surface area contributed by atoms with Gasteiger partial charge in [-0.2, -0.15) is 0 Å². The summed E-state index contributed by atoms with van der Waals surface area (Å²) in [4.78, 5) is 2.48. The molecule has 0 amide bonds. The fraction of sp³-hybridized carbons (Fsp3) is 0.500. The van der Waals surface area contributed by atoms with Crippen LogP contribution in [0.3, 0.4) is 0 Å². The quantitative estimate of drug-likeness (QED) is 0.743. The van der Waals surface area contributed by atoms with Gasteiger partial charge >= 0.3 is 0 Å². The topological polar surface area (TPSA) is 49.4 Å². The van der Waals surface area contributed by atoms with E-state index < -0.39 is 5.72 Å². The molecule has 6 nitrogen and oxygen atoms in total. The predicted molar refractivity (Wildman–Crippen MR) is 113 cm³/mol. The first kappa shape index (κ1) is 19.4. The van der Waals surface area contributed by atoms with Crippen LogP contribution in [0.25, 0.3) is 0 Å². The number of hydrogen-bond donors (Lipinski definition) is 0. The number of likely N-dealkylation sites (tertiary alicyclic amines) is 1. The van der Waals surface area contributed by atoms with E-state index in [0.29, 0.717) is 0 Å². The number of ether oxygens (including phenoxy) is 5. The Kier molecular flexibility index (Phi) is 4.69. The third-order valence-corrected chi connectivity index (χ3v) is 7.01. The highest BCUT2D eigenvalue weighted by molar-refractivity contribution is 5.58. The first-order valence-corrected chi connectivity index (χ1v) is 10.6. The lowest BCUT2D eigenvalue weighted by Crippen LogP contribution is -2.57. The van der Waals surface area contributed by atoms with Crippen LogP contribution in [0.1, 0.15) is 43.7 Å². The fourth-order valence-corrected chi connectivity index (χ4v) is 5.19. The maximum atomic E-state index is 6.74. The highest BCUT2D eigenvalue weighted by Crippen LogP contribution is 2.54. The van der Waals surface area contributed by atoms with Crippen LogP contribution in [0.5, 0.6) is 28.7 Å². The molecule has 0 spiro atoms. The molecule has 1 saturated heterocycles. The van der Waals surface area contributed by atoms with E-state index in [1.165, 1.54) is 12.8 Å². The number of rotatable bonds is 4. The second kappa shape index (κ2) is 7.27. The Morgan fingerprint density at radius 3 is 2.37 bits per heavy atom. The van der Waals surface area contributed by atoms with Crippen molar-refractivity contribution in [3.05, 3.63) is 41.5 Å². The third-order valence-electron chi connectivity index (χ3n) is 7.01. The fourth-order valence-electron chi connectivity index (χ4n) is 5.19. The molecule has 1 fully saturated rings. The molecule has 2 aromatic rings. The predicted octanol–water partition coefficient (Wildman–Crippen LogP) is 4.40. The van der Waals surface area contributed by atoms with Crippen molar-refractivity contribution in [3.63, 3.8) is 0 Å². The van der Waals surface area contributed by atoms with Crippen molar-refractivity contribution < 1.29 is 23.7 Å². The van der Waals surface area contributed by atoms with Crippen molar-refractivity contribution >= 4 is 0 Å². The molecule has 0 N–H and O–H groups in total. The Morgan fingerprint density at radius 1 is 0.933 bits per heavy atom. The van der Waals surface area contributed by atoms with Crippen LogP contribution in [0.2, 0.25) is 0 Å². The Balaban J connectivity index is 1.68. The molecule has 0 unspecified atom stereocenters. The summed E-state index contributed by atoms with van der Waals surface area (Å²) >= 11 is 0. The summed E-state index contributed by atoms with van der Waals surface area (Å²) in [5.41, 5.74) is 1.80. The van der Waals surface area contributed by atoms with E-state index in [0.717, 1.165) is 53.0 Å². The van der Waals surface area contributed by atoms with Gasteiger partial charge < -0.3 is 23.7 Å². The minimum absolute atomic E-state index is 0.0784. The number of methoxy groups -OCH3 is 2. The van der Waals surface area contributed by atoms with Gasteiger partial charge in [0.15, 0.2) is 17.2 Å². The molecule has 3 atom stereocenters. The molecule has 0 aliphatic carbocycles. The standard InChI is InChI=1S/C24H29NO5/c1-15-23(17-8-7-16(26-3)11-19(17)27-4)18-12-21-22(29-14-28-21)13-20(18)30-24(15,2)25-9-5-6-10-25/h7-8,11-13,15,23H,5-6,9-10,14H2,1-4H3/t15-,23+,24-/m0/s1. The van der Waals surface area contributed by atoms with E-state index in [2.05, 4.69) is 30.9 Å². The summed E-state index contributed by atoms with van der Waals surface area (Å²) in [6, 6.07) is 10.1. The largest absolute Gasteiger partial charge is 0.497 e. The van der Waals surface area contributed by atoms with E-state index in [1.54, 1.807) is 14.2 Å². The lowest BCUT2D eigenvalue weighted by Gasteiger charge is -2.50. The van der Waals surface area contributed by atoms with Crippen LogP contribution in [0, 0.1) is 5.92 Å². The normalized spacial score (nSPS) is 27.5. The Morgan fingerprint density at radius 2 is 1.67 bits per heavy atom. The van der Waals surface area contributed by atoms with E-state index in [4.69, 9.17) is 23.7 Å². The zero-order valence-electron chi connectivity index (χ0n) is 18.1. The van der Waals surface area contributed by atoms with Gasteiger partial charge in [-0.25, -0.2) is 0 Å². The average molecular weight is 411 g/mol. The Labute approximate surface area is 177 Å². The van der Waals surface area contributed by atoms with Crippen molar-refractivity contribution in [1.29, 1.82) is 0 Å². The smallest absolute Gasteiger partial charge is 0.231 e. The Hall–Kier alpha value is -2.60. The van der Waals surface area contributed by atoms with Gasteiger partial charge in [-0.1, -0.05) is 13.0 Å². The molecular weight excluding hydrogens is 382 g/mol. The zero-order valence-corrected chi connectivity index (χ0v) is 18.1. The highest BCUT2D eigenvalue weighted by Gasteiger charge is 2.50. The first-order valence-electron chi connectivity index (χ1n) is 10.6. The van der Waals surface area contributed by atoms with E-state index >= 15 is 0 Å². The maximum Gasteiger partial charge on any atom is 0.231 e. The molecule has 0 radical (unpaired) electrons. The van der Waals surface area contributed by atoms with Crippen LogP contribution in [0.4, 0.5) is 0 Å². The van der Waals surface area contributed by atoms with Gasteiger partial charge in [-0.05, 0) is 31.9 Å². The minimum atomic E-state index is -0.424. The van der Waals surface area contributed by atoms with Gasteiger partial charge in [0, 0.05) is 48.2 Å². The van der Waals surface area contributed by atoms with Crippen molar-refractivity contribution in [1.82, 2.24) is 4.90 Å². The molecular formula is C24H29NO5. The molecule has 3 aliphatic heterocycles. The molecule has 6 heteroatoms. The molecule has 30 heavy (non-hydrogen) atoms. The second-order valence-electron chi connectivity index (χ2n) is 8.47. The molecule has 3 heterocycles. The monoisotopic (exact) mass is 411 g/mol. The number of nitrogens with zero attached hydrogens (tertiary/aromatic N) is 1. The Bertz CT molecular complexity index is 955. The van der Waals surface area contributed by atoms with E-state index in [-0.39, 0.29) is 18.6 Å². The molecule has 5 rings (SSSR count). The summed E-state index contributed by atoms with van der Waals surface area (Å²) in [6.45, 7) is 6.84.